The van der Waals surface area contributed by atoms with Crippen molar-refractivity contribution >= 4 is 23.5 Å². The minimum Gasteiger partial charge on any atom is -0.427 e. The third kappa shape index (κ3) is 1.72. The van der Waals surface area contributed by atoms with Gasteiger partial charge >= 0.3 is 5.97 Å². The SMILES string of the molecule is CC(=O)Oc1ccc(N2C(=O)[C@@H]3[C@H]4C=C[C@@H]([C@@H]5C[C@H]45)[C@H]3C2=O)cc1. The van der Waals surface area contributed by atoms with Crippen molar-refractivity contribution in [1.29, 1.82) is 0 Å². The van der Waals surface area contributed by atoms with Crippen LogP contribution in [0.15, 0.2) is 36.4 Å². The number of ether oxygens (including phenoxy) is 1. The number of nitrogens with zero attached hydrogens (tertiary/aromatic N) is 1. The van der Waals surface area contributed by atoms with Gasteiger partial charge in [0.15, 0.2) is 0 Å². The molecule has 1 aromatic carbocycles. The Morgan fingerprint density at radius 3 is 2.04 bits per heavy atom. The van der Waals surface area contributed by atoms with E-state index in [9.17, 15) is 14.4 Å². The summed E-state index contributed by atoms with van der Waals surface area (Å²) in [5.74, 6) is 1.14. The second kappa shape index (κ2) is 4.56. The zero-order chi connectivity index (χ0) is 16.6. The molecular formula is C19H17NO4. The first-order valence-electron chi connectivity index (χ1n) is 8.41. The van der Waals surface area contributed by atoms with Crippen molar-refractivity contribution in [2.75, 3.05) is 4.90 Å². The van der Waals surface area contributed by atoms with E-state index in [4.69, 9.17) is 4.74 Å². The number of carbonyl (C=O) groups excluding carboxylic acids is 3. The van der Waals surface area contributed by atoms with Crippen LogP contribution >= 0.6 is 0 Å². The number of benzene rings is 1. The van der Waals surface area contributed by atoms with E-state index in [2.05, 4.69) is 12.2 Å². The molecule has 2 bridgehead atoms. The average molecular weight is 323 g/mol. The number of carbonyl (C=O) groups is 3. The Hall–Kier alpha value is -2.43. The summed E-state index contributed by atoms with van der Waals surface area (Å²) < 4.78 is 5.01. The minimum atomic E-state index is -0.399. The van der Waals surface area contributed by atoms with Crippen molar-refractivity contribution in [3.05, 3.63) is 36.4 Å². The summed E-state index contributed by atoms with van der Waals surface area (Å²) in [7, 11) is 0. The number of imide groups is 1. The zero-order valence-electron chi connectivity index (χ0n) is 13.2. The van der Waals surface area contributed by atoms with Crippen LogP contribution in [0.3, 0.4) is 0 Å². The second-order valence-corrected chi connectivity index (χ2v) is 7.25. The Morgan fingerprint density at radius 1 is 1.00 bits per heavy atom. The molecular weight excluding hydrogens is 306 g/mol. The number of anilines is 1. The Kier molecular flexibility index (Phi) is 2.65. The third-order valence-corrected chi connectivity index (χ3v) is 6.02. The van der Waals surface area contributed by atoms with Gasteiger partial charge in [0.2, 0.25) is 11.8 Å². The molecule has 6 rings (SSSR count). The molecule has 5 nitrogen and oxygen atoms in total. The summed E-state index contributed by atoms with van der Waals surface area (Å²) in [6.45, 7) is 1.33. The lowest BCUT2D eigenvalue weighted by atomic mass is 9.63. The van der Waals surface area contributed by atoms with Crippen LogP contribution in [-0.4, -0.2) is 17.8 Å². The molecule has 5 heteroatoms. The normalized spacial score (nSPS) is 38.1. The Labute approximate surface area is 139 Å². The molecule has 1 aliphatic heterocycles. The van der Waals surface area contributed by atoms with Crippen LogP contribution in [0.1, 0.15) is 13.3 Å². The van der Waals surface area contributed by atoms with E-state index >= 15 is 0 Å². The molecule has 24 heavy (non-hydrogen) atoms. The quantitative estimate of drug-likeness (QED) is 0.362. The van der Waals surface area contributed by atoms with Gasteiger partial charge in [-0.05, 0) is 54.4 Å². The molecule has 1 saturated heterocycles. The summed E-state index contributed by atoms with van der Waals surface area (Å²) in [6.07, 6.45) is 5.49. The summed E-state index contributed by atoms with van der Waals surface area (Å²) in [6, 6.07) is 6.57. The fraction of sp³-hybridized carbons (Fsp3) is 0.421. The zero-order valence-corrected chi connectivity index (χ0v) is 13.2. The van der Waals surface area contributed by atoms with Crippen molar-refractivity contribution in [3.8, 4) is 5.75 Å². The number of hydrogen-bond donors (Lipinski definition) is 0. The molecule has 6 atom stereocenters. The number of allylic oxidation sites excluding steroid dienone is 2. The molecule has 2 amide bonds. The molecule has 0 aromatic heterocycles. The number of esters is 1. The molecule has 1 heterocycles. The van der Waals surface area contributed by atoms with Crippen molar-refractivity contribution < 1.29 is 19.1 Å². The molecule has 0 N–H and O–H groups in total. The molecule has 5 aliphatic rings. The molecule has 1 aromatic rings. The summed E-state index contributed by atoms with van der Waals surface area (Å²) >= 11 is 0. The Bertz CT molecular complexity index is 760. The van der Waals surface area contributed by atoms with E-state index < -0.39 is 5.97 Å². The number of rotatable bonds is 2. The van der Waals surface area contributed by atoms with Gasteiger partial charge in [-0.15, -0.1) is 0 Å². The molecule has 2 saturated carbocycles. The maximum Gasteiger partial charge on any atom is 0.308 e. The van der Waals surface area contributed by atoms with Gasteiger partial charge in [0.1, 0.15) is 5.75 Å². The van der Waals surface area contributed by atoms with Crippen LogP contribution in [0.5, 0.6) is 5.75 Å². The van der Waals surface area contributed by atoms with Crippen LogP contribution in [0.2, 0.25) is 0 Å². The van der Waals surface area contributed by atoms with Crippen molar-refractivity contribution in [2.24, 2.45) is 35.5 Å². The van der Waals surface area contributed by atoms with Gasteiger partial charge < -0.3 is 4.74 Å². The van der Waals surface area contributed by atoms with E-state index in [1.165, 1.54) is 11.8 Å². The molecule has 0 radical (unpaired) electrons. The first kappa shape index (κ1) is 14.0. The molecule has 0 spiro atoms. The lowest BCUT2D eigenvalue weighted by Crippen LogP contribution is -2.40. The average Bonchev–Trinajstić information content (AvgIpc) is 3.33. The smallest absolute Gasteiger partial charge is 0.308 e. The van der Waals surface area contributed by atoms with E-state index in [1.807, 2.05) is 0 Å². The Morgan fingerprint density at radius 2 is 1.54 bits per heavy atom. The predicted molar refractivity (Wildman–Crippen MR) is 84.9 cm³/mol. The predicted octanol–water partition coefficient (Wildman–Crippen LogP) is 2.17. The van der Waals surface area contributed by atoms with Crippen LogP contribution in [0.4, 0.5) is 5.69 Å². The van der Waals surface area contributed by atoms with E-state index in [0.29, 0.717) is 23.3 Å². The van der Waals surface area contributed by atoms with Gasteiger partial charge in [0.25, 0.3) is 0 Å². The van der Waals surface area contributed by atoms with Gasteiger partial charge in [-0.1, -0.05) is 12.2 Å². The standard InChI is InChI=1S/C19H17NO4/c1-9(21)24-11-4-2-10(3-5-11)20-18(22)16-12-6-7-13(15-8-14(12)15)17(16)19(20)23/h2-7,12-17H,8H2,1H3/t12-,13-,14-,15+,16+,17+/m0/s1. The first-order chi connectivity index (χ1) is 11.6. The van der Waals surface area contributed by atoms with Gasteiger partial charge in [0, 0.05) is 6.92 Å². The van der Waals surface area contributed by atoms with Crippen molar-refractivity contribution in [2.45, 2.75) is 13.3 Å². The largest absolute Gasteiger partial charge is 0.427 e. The summed E-state index contributed by atoms with van der Waals surface area (Å²) in [5.41, 5.74) is 0.559. The van der Waals surface area contributed by atoms with Gasteiger partial charge in [0.05, 0.1) is 17.5 Å². The van der Waals surface area contributed by atoms with Gasteiger partial charge in [-0.25, -0.2) is 0 Å². The van der Waals surface area contributed by atoms with Crippen LogP contribution < -0.4 is 9.64 Å². The summed E-state index contributed by atoms with van der Waals surface area (Å²) in [4.78, 5) is 38.2. The molecule has 122 valence electrons. The third-order valence-electron chi connectivity index (χ3n) is 6.02. The maximum atomic E-state index is 13.0. The van der Waals surface area contributed by atoms with E-state index in [-0.39, 0.29) is 35.5 Å². The number of hydrogen-bond acceptors (Lipinski definition) is 4. The Balaban J connectivity index is 1.47. The second-order valence-electron chi connectivity index (χ2n) is 7.25. The van der Waals surface area contributed by atoms with Crippen molar-refractivity contribution in [1.82, 2.24) is 0 Å². The van der Waals surface area contributed by atoms with Crippen LogP contribution in [0, 0.1) is 35.5 Å². The fourth-order valence-electron chi connectivity index (χ4n) is 5.04. The highest BCUT2D eigenvalue weighted by molar-refractivity contribution is 6.22. The first-order valence-corrected chi connectivity index (χ1v) is 8.41. The summed E-state index contributed by atoms with van der Waals surface area (Å²) in [5, 5.41) is 0. The van der Waals surface area contributed by atoms with Crippen LogP contribution in [0.25, 0.3) is 0 Å². The lowest BCUT2D eigenvalue weighted by Gasteiger charge is -2.37. The van der Waals surface area contributed by atoms with Crippen LogP contribution in [-0.2, 0) is 14.4 Å². The molecule has 0 unspecified atom stereocenters. The highest BCUT2D eigenvalue weighted by Gasteiger charge is 2.67. The topological polar surface area (TPSA) is 63.7 Å². The van der Waals surface area contributed by atoms with Crippen molar-refractivity contribution in [3.63, 3.8) is 0 Å². The van der Waals surface area contributed by atoms with E-state index in [1.54, 1.807) is 24.3 Å². The van der Waals surface area contributed by atoms with Gasteiger partial charge in [-0.2, -0.15) is 0 Å². The highest BCUT2D eigenvalue weighted by atomic mass is 16.5. The lowest BCUT2D eigenvalue weighted by molar-refractivity contribution is -0.132. The maximum absolute atomic E-state index is 13.0. The minimum absolute atomic E-state index is 0.0741. The van der Waals surface area contributed by atoms with Gasteiger partial charge in [-0.3, -0.25) is 19.3 Å². The molecule has 4 aliphatic carbocycles. The highest BCUT2D eigenvalue weighted by Crippen LogP contribution is 2.65. The fourth-order valence-corrected chi connectivity index (χ4v) is 5.04. The van der Waals surface area contributed by atoms with E-state index in [0.717, 1.165) is 6.42 Å². The number of amides is 2. The monoisotopic (exact) mass is 323 g/mol. The molecule has 3 fully saturated rings.